The highest BCUT2D eigenvalue weighted by Gasteiger charge is 2.11. The average Bonchev–Trinajstić information content (AvgIpc) is 3.03. The molecule has 98 valence electrons. The molecule has 5 aromatic rings. The molecule has 5 rings (SSSR count). The van der Waals surface area contributed by atoms with E-state index >= 15 is 0 Å². The van der Waals surface area contributed by atoms with Crippen LogP contribution < -0.4 is 0 Å². The molecule has 0 bridgehead atoms. The first-order valence-electron chi connectivity index (χ1n) is 6.65. The van der Waals surface area contributed by atoms with Gasteiger partial charge in [0, 0.05) is 29.4 Å². The third-order valence-corrected chi connectivity index (χ3v) is 3.83. The van der Waals surface area contributed by atoms with Gasteiger partial charge in [0.15, 0.2) is 0 Å². The molecule has 0 aliphatic rings. The van der Waals surface area contributed by atoms with E-state index in [2.05, 4.69) is 42.5 Å². The maximum atomic E-state index is 4.51. The van der Waals surface area contributed by atoms with Crippen molar-refractivity contribution in [1.29, 1.82) is 0 Å². The highest BCUT2D eigenvalue weighted by molar-refractivity contribution is 6.13. The second-order valence-electron chi connectivity index (χ2n) is 4.96. The Kier molecular flexibility index (Phi) is 1.90. The summed E-state index contributed by atoms with van der Waals surface area (Å²) in [6, 6.07) is 8.16. The number of benzene rings is 1. The molecule has 0 aliphatic heterocycles. The van der Waals surface area contributed by atoms with Crippen molar-refractivity contribution in [3.8, 4) is 0 Å². The third kappa shape index (κ3) is 1.34. The van der Waals surface area contributed by atoms with Crippen LogP contribution in [0.15, 0.2) is 55.4 Å². The summed E-state index contributed by atoms with van der Waals surface area (Å²) in [7, 11) is 0. The number of hydrogen-bond acceptors (Lipinski definition) is 4. The largest absolute Gasteiger partial charge is 0.297 e. The van der Waals surface area contributed by atoms with Gasteiger partial charge in [-0.3, -0.25) is 19.4 Å². The van der Waals surface area contributed by atoms with Crippen LogP contribution >= 0.6 is 0 Å². The fourth-order valence-electron chi connectivity index (χ4n) is 2.90. The number of aromatic nitrogens is 5. The molecule has 0 amide bonds. The summed E-state index contributed by atoms with van der Waals surface area (Å²) in [4.78, 5) is 17.6. The normalized spacial score (nSPS) is 11.8. The molecular weight excluding hydrogens is 262 g/mol. The molecular formula is C16H9N5. The Morgan fingerprint density at radius 3 is 2.57 bits per heavy atom. The number of fused-ring (bicyclic) bond motifs is 7. The molecule has 4 heterocycles. The zero-order chi connectivity index (χ0) is 13.8. The van der Waals surface area contributed by atoms with Crippen LogP contribution in [-0.2, 0) is 0 Å². The second kappa shape index (κ2) is 3.73. The van der Waals surface area contributed by atoms with E-state index in [1.54, 1.807) is 12.4 Å². The summed E-state index contributed by atoms with van der Waals surface area (Å²) in [5.74, 6) is 0. The fourth-order valence-corrected chi connectivity index (χ4v) is 2.90. The lowest BCUT2D eigenvalue weighted by Gasteiger charge is -2.08. The van der Waals surface area contributed by atoms with Gasteiger partial charge in [0.1, 0.15) is 0 Å². The predicted molar refractivity (Wildman–Crippen MR) is 81.1 cm³/mol. The first kappa shape index (κ1) is 10.7. The van der Waals surface area contributed by atoms with Crippen molar-refractivity contribution in [2.45, 2.75) is 0 Å². The van der Waals surface area contributed by atoms with Gasteiger partial charge in [-0.15, -0.1) is 0 Å². The zero-order valence-corrected chi connectivity index (χ0v) is 10.9. The van der Waals surface area contributed by atoms with Crippen LogP contribution in [0.1, 0.15) is 0 Å². The summed E-state index contributed by atoms with van der Waals surface area (Å²) >= 11 is 0. The lowest BCUT2D eigenvalue weighted by atomic mass is 10.1. The number of imidazole rings is 1. The quantitative estimate of drug-likeness (QED) is 0.321. The van der Waals surface area contributed by atoms with E-state index in [1.165, 1.54) is 0 Å². The minimum absolute atomic E-state index is 0.878. The van der Waals surface area contributed by atoms with Crippen LogP contribution in [0.2, 0.25) is 0 Å². The summed E-state index contributed by atoms with van der Waals surface area (Å²) < 4.78 is 2.05. The molecule has 5 heteroatoms. The smallest absolute Gasteiger partial charge is 0.0997 e. The van der Waals surface area contributed by atoms with Crippen molar-refractivity contribution in [3.63, 3.8) is 0 Å². The molecule has 0 spiro atoms. The first-order valence-corrected chi connectivity index (χ1v) is 6.65. The monoisotopic (exact) mass is 271 g/mol. The Bertz CT molecular complexity index is 1140. The zero-order valence-electron chi connectivity index (χ0n) is 10.9. The van der Waals surface area contributed by atoms with Gasteiger partial charge >= 0.3 is 0 Å². The molecule has 0 unspecified atom stereocenters. The minimum atomic E-state index is 0.878. The highest BCUT2D eigenvalue weighted by atomic mass is 15.0. The summed E-state index contributed by atoms with van der Waals surface area (Å²) in [6.45, 7) is 0. The first-order chi connectivity index (χ1) is 10.4. The van der Waals surface area contributed by atoms with Crippen LogP contribution in [-0.4, -0.2) is 24.3 Å². The topological polar surface area (TPSA) is 56.0 Å². The van der Waals surface area contributed by atoms with Gasteiger partial charge in [-0.1, -0.05) is 6.07 Å². The van der Waals surface area contributed by atoms with Crippen LogP contribution in [0.5, 0.6) is 0 Å². The van der Waals surface area contributed by atoms with Crippen LogP contribution in [0, 0.1) is 0 Å². The van der Waals surface area contributed by atoms with E-state index in [9.17, 15) is 0 Å². The van der Waals surface area contributed by atoms with Crippen molar-refractivity contribution < 1.29 is 0 Å². The highest BCUT2D eigenvalue weighted by Crippen LogP contribution is 2.29. The third-order valence-electron chi connectivity index (χ3n) is 3.83. The fraction of sp³-hybridized carbons (Fsp3) is 0. The lowest BCUT2D eigenvalue weighted by Crippen LogP contribution is -1.92. The van der Waals surface area contributed by atoms with Gasteiger partial charge in [0.05, 0.1) is 40.1 Å². The summed E-state index contributed by atoms with van der Waals surface area (Å²) in [5.41, 5.74) is 4.78. The van der Waals surface area contributed by atoms with Gasteiger partial charge in [-0.05, 0) is 18.2 Å². The van der Waals surface area contributed by atoms with Crippen molar-refractivity contribution in [3.05, 3.63) is 55.4 Å². The van der Waals surface area contributed by atoms with E-state index in [0.717, 1.165) is 38.4 Å². The molecule has 0 atom stereocenters. The van der Waals surface area contributed by atoms with Crippen molar-refractivity contribution in [2.24, 2.45) is 0 Å². The maximum Gasteiger partial charge on any atom is 0.0997 e. The molecule has 5 nitrogen and oxygen atoms in total. The summed E-state index contributed by atoms with van der Waals surface area (Å²) in [6.07, 6.45) is 8.89. The Hall–Kier alpha value is -3.08. The summed E-state index contributed by atoms with van der Waals surface area (Å²) in [5, 5.41) is 2.21. The molecule has 0 fully saturated rings. The van der Waals surface area contributed by atoms with E-state index in [0.29, 0.717) is 0 Å². The van der Waals surface area contributed by atoms with Crippen molar-refractivity contribution >= 4 is 38.4 Å². The van der Waals surface area contributed by atoms with Gasteiger partial charge in [-0.2, -0.15) is 0 Å². The standard InChI is InChI=1S/C16H9N5/c1-2-10-11-6-12-13(19-5-4-18-12)7-14(11)21-9-17-8-15(21)16(10)20-3-1/h1-9H. The van der Waals surface area contributed by atoms with E-state index in [1.807, 2.05) is 24.8 Å². The minimum Gasteiger partial charge on any atom is -0.297 e. The van der Waals surface area contributed by atoms with E-state index in [4.69, 9.17) is 0 Å². The van der Waals surface area contributed by atoms with Gasteiger partial charge in [-0.25, -0.2) is 4.98 Å². The number of nitrogens with zero attached hydrogens (tertiary/aromatic N) is 5. The van der Waals surface area contributed by atoms with Crippen LogP contribution in [0.25, 0.3) is 38.4 Å². The number of rotatable bonds is 0. The second-order valence-corrected chi connectivity index (χ2v) is 4.96. The van der Waals surface area contributed by atoms with Gasteiger partial charge in [0.25, 0.3) is 0 Å². The average molecular weight is 271 g/mol. The van der Waals surface area contributed by atoms with Crippen LogP contribution in [0.3, 0.4) is 0 Å². The predicted octanol–water partition coefficient (Wildman–Crippen LogP) is 2.98. The number of pyridine rings is 2. The Balaban J connectivity index is 2.18. The number of hydrogen-bond donors (Lipinski definition) is 0. The molecule has 0 saturated carbocycles. The van der Waals surface area contributed by atoms with Crippen molar-refractivity contribution in [2.75, 3.05) is 0 Å². The molecule has 0 saturated heterocycles. The van der Waals surface area contributed by atoms with Gasteiger partial charge in [0.2, 0.25) is 0 Å². The van der Waals surface area contributed by atoms with E-state index in [-0.39, 0.29) is 0 Å². The maximum absolute atomic E-state index is 4.51. The molecule has 0 radical (unpaired) electrons. The lowest BCUT2D eigenvalue weighted by molar-refractivity contribution is 1.21. The molecule has 4 aromatic heterocycles. The Labute approximate surface area is 118 Å². The Morgan fingerprint density at radius 2 is 1.67 bits per heavy atom. The Morgan fingerprint density at radius 1 is 0.810 bits per heavy atom. The molecule has 0 aliphatic carbocycles. The van der Waals surface area contributed by atoms with Gasteiger partial charge < -0.3 is 0 Å². The van der Waals surface area contributed by atoms with Crippen LogP contribution in [0.4, 0.5) is 0 Å². The molecule has 0 N–H and O–H groups in total. The molecule has 21 heavy (non-hydrogen) atoms. The SMILES string of the molecule is c1cnc2c(c1)c1cc3nccnc3cc1n1cncc21. The van der Waals surface area contributed by atoms with Crippen molar-refractivity contribution in [1.82, 2.24) is 24.3 Å². The molecule has 1 aromatic carbocycles. The van der Waals surface area contributed by atoms with E-state index < -0.39 is 0 Å².